The van der Waals surface area contributed by atoms with Gasteiger partial charge in [-0.1, -0.05) is 24.3 Å². The van der Waals surface area contributed by atoms with Gasteiger partial charge in [0, 0.05) is 72.1 Å². The van der Waals surface area contributed by atoms with E-state index in [1.165, 1.54) is 62.6 Å². The van der Waals surface area contributed by atoms with Gasteiger partial charge in [0.1, 0.15) is 36.0 Å². The summed E-state index contributed by atoms with van der Waals surface area (Å²) in [5, 5.41) is 0.659. The molecule has 6 aromatic rings. The van der Waals surface area contributed by atoms with Gasteiger partial charge in [-0.25, -0.2) is 27.8 Å². The second kappa shape index (κ2) is 15.2. The van der Waals surface area contributed by atoms with E-state index in [-0.39, 0.29) is 69.1 Å². The molecule has 0 aliphatic rings. The Labute approximate surface area is 302 Å². The predicted molar refractivity (Wildman–Crippen MR) is 196 cm³/mol. The molecule has 4 aromatic carbocycles. The van der Waals surface area contributed by atoms with Crippen LogP contribution in [0.3, 0.4) is 0 Å². The molecule has 0 spiro atoms. The zero-order valence-corrected chi connectivity index (χ0v) is 29.8. The van der Waals surface area contributed by atoms with E-state index in [2.05, 4.69) is 18.9 Å². The maximum absolute atomic E-state index is 14.5. The number of ether oxygens (including phenoxy) is 1. The minimum Gasteiger partial charge on any atom is -0.457 e. The zero-order valence-electron chi connectivity index (χ0n) is 28.2. The number of rotatable bonds is 14. The Morgan fingerprint density at radius 2 is 1.00 bits per heavy atom. The lowest BCUT2D eigenvalue weighted by Crippen LogP contribution is -2.26. The molecule has 0 amide bonds. The van der Waals surface area contributed by atoms with Crippen molar-refractivity contribution < 1.29 is 39.2 Å². The lowest BCUT2D eigenvalue weighted by atomic mass is 9.99. The molecule has 17 heteroatoms. The van der Waals surface area contributed by atoms with Crippen LogP contribution < -0.4 is 34.9 Å². The van der Waals surface area contributed by atoms with Gasteiger partial charge in [0.05, 0.1) is 11.4 Å². The highest BCUT2D eigenvalue weighted by Crippen LogP contribution is 2.32. The van der Waals surface area contributed by atoms with Gasteiger partial charge in [-0.2, -0.15) is 16.8 Å². The lowest BCUT2D eigenvalue weighted by Gasteiger charge is -2.13. The Kier molecular flexibility index (Phi) is 10.6. The van der Waals surface area contributed by atoms with Crippen LogP contribution >= 0.6 is 0 Å². The Morgan fingerprint density at radius 1 is 0.585 bits per heavy atom. The van der Waals surface area contributed by atoms with Gasteiger partial charge in [-0.3, -0.25) is 9.44 Å². The lowest BCUT2D eigenvalue weighted by molar-refractivity contribution is 0.468. The summed E-state index contributed by atoms with van der Waals surface area (Å²) in [6.45, 7) is -1.96. The summed E-state index contributed by atoms with van der Waals surface area (Å²) in [6, 6.07) is 21.6. The quantitative estimate of drug-likeness (QED) is 0.103. The van der Waals surface area contributed by atoms with Crippen LogP contribution in [0.15, 0.2) is 103 Å². The number of benzene rings is 4. The molecule has 0 bridgehead atoms. The van der Waals surface area contributed by atoms with Crippen LogP contribution in [0.2, 0.25) is 0 Å². The monoisotopic (exact) mass is 766 g/mol. The zero-order chi connectivity index (χ0) is 37.9. The van der Waals surface area contributed by atoms with E-state index in [0.717, 1.165) is 0 Å². The van der Waals surface area contributed by atoms with Crippen molar-refractivity contribution in [2.24, 2.45) is 0 Å². The number of halogens is 2. The molecular formula is C36H32F2N4O9S2. The fourth-order valence-electron chi connectivity index (χ4n) is 5.80. The first-order valence-corrected chi connectivity index (χ1v) is 18.9. The Morgan fingerprint density at radius 3 is 1.38 bits per heavy atom. The average molecular weight is 767 g/mol. The third-order valence-electron chi connectivity index (χ3n) is 8.34. The molecule has 0 aliphatic heterocycles. The van der Waals surface area contributed by atoms with Crippen molar-refractivity contribution in [2.75, 3.05) is 23.5 Å². The molecule has 0 atom stereocenters. The molecule has 13 nitrogen and oxygen atoms in total. The normalized spacial score (nSPS) is 11.9. The summed E-state index contributed by atoms with van der Waals surface area (Å²) in [5.41, 5.74) is 0.485. The largest absolute Gasteiger partial charge is 0.457 e. The summed E-state index contributed by atoms with van der Waals surface area (Å²) in [6.07, 6.45) is -0.0548. The highest BCUT2D eigenvalue weighted by Gasteiger charge is 2.19. The molecule has 2 aromatic heterocycles. The van der Waals surface area contributed by atoms with E-state index in [1.54, 1.807) is 36.4 Å². The molecule has 0 fully saturated rings. The number of hydrogen-bond acceptors (Lipinski definition) is 9. The van der Waals surface area contributed by atoms with E-state index < -0.39 is 45.0 Å². The van der Waals surface area contributed by atoms with Gasteiger partial charge in [0.15, 0.2) is 0 Å². The second-order valence-electron chi connectivity index (χ2n) is 11.8. The van der Waals surface area contributed by atoms with Crippen LogP contribution in [-0.2, 0) is 46.6 Å². The number of nitrogens with one attached hydrogen (secondary N) is 4. The Bertz CT molecular complexity index is 2520. The van der Waals surface area contributed by atoms with E-state index in [1.807, 2.05) is 0 Å². The maximum atomic E-state index is 14.5. The standard InChI is InChI=1S/C36H32F2N4O9S2/c1-39-52(45,46)41-23-7-3-5-21(13-23)15-29-31(19-37)27-11-9-25(17-33(27)50-35(29)43)49-26-10-12-28-32(20-38)30(36(44)51-34(28)18-26)16-22-6-4-8-24(14-22)42-53(47,48)40-2/h3-14,17-18,39-42H,15-16,19-20H2,1-2H3. The minimum absolute atomic E-state index is 0.0274. The first-order chi connectivity index (χ1) is 25.3. The van der Waals surface area contributed by atoms with Crippen LogP contribution in [0.25, 0.3) is 21.9 Å². The SMILES string of the molecule is CNS(=O)(=O)Nc1cccc(Cc2c(CF)c3ccc(Oc4ccc5c(CF)c(Cc6cccc(NS(=O)(=O)NC)c6)c(=O)oc5c4)cc3oc2=O)c1. The molecule has 2 heterocycles. The van der Waals surface area contributed by atoms with Gasteiger partial charge in [0.2, 0.25) is 0 Å². The van der Waals surface area contributed by atoms with Gasteiger partial charge in [-0.05, 0) is 59.7 Å². The van der Waals surface area contributed by atoms with Crippen LogP contribution in [-0.4, -0.2) is 30.9 Å². The van der Waals surface area contributed by atoms with Crippen LogP contribution in [0, 0.1) is 0 Å². The number of fused-ring (bicyclic) bond motifs is 2. The fourth-order valence-corrected chi connectivity index (χ4v) is 6.88. The molecule has 0 saturated carbocycles. The van der Waals surface area contributed by atoms with E-state index in [4.69, 9.17) is 13.6 Å². The average Bonchev–Trinajstić information content (AvgIpc) is 3.12. The molecule has 276 valence electrons. The van der Waals surface area contributed by atoms with E-state index in [0.29, 0.717) is 21.9 Å². The molecule has 0 saturated heterocycles. The van der Waals surface area contributed by atoms with Gasteiger partial charge in [0.25, 0.3) is 20.4 Å². The maximum Gasteiger partial charge on any atom is 0.340 e. The van der Waals surface area contributed by atoms with E-state index in [9.17, 15) is 35.2 Å². The van der Waals surface area contributed by atoms with Crippen LogP contribution in [0.5, 0.6) is 11.5 Å². The third-order valence-corrected chi connectivity index (χ3v) is 10.4. The topological polar surface area (TPSA) is 186 Å². The van der Waals surface area contributed by atoms with Crippen molar-refractivity contribution in [3.8, 4) is 11.5 Å². The van der Waals surface area contributed by atoms with Crippen LogP contribution in [0.1, 0.15) is 33.4 Å². The van der Waals surface area contributed by atoms with Crippen molar-refractivity contribution in [3.05, 3.63) is 139 Å². The first-order valence-electron chi connectivity index (χ1n) is 15.9. The molecule has 53 heavy (non-hydrogen) atoms. The molecule has 0 unspecified atom stereocenters. The van der Waals surface area contributed by atoms with E-state index >= 15 is 0 Å². The molecule has 4 N–H and O–H groups in total. The van der Waals surface area contributed by atoms with Crippen molar-refractivity contribution in [3.63, 3.8) is 0 Å². The highest BCUT2D eigenvalue weighted by atomic mass is 32.2. The summed E-state index contributed by atoms with van der Waals surface area (Å²) in [7, 11) is -5.05. The molecule has 0 radical (unpaired) electrons. The Hall–Kier alpha value is -5.62. The van der Waals surface area contributed by atoms with Crippen molar-refractivity contribution in [1.29, 1.82) is 0 Å². The van der Waals surface area contributed by atoms with Gasteiger partial charge < -0.3 is 13.6 Å². The highest BCUT2D eigenvalue weighted by molar-refractivity contribution is 7.91. The molecular weight excluding hydrogens is 735 g/mol. The summed E-state index contributed by atoms with van der Waals surface area (Å²) in [5.74, 6) is 0.418. The van der Waals surface area contributed by atoms with Crippen LogP contribution in [0.4, 0.5) is 20.2 Å². The Balaban J connectivity index is 1.26. The third kappa shape index (κ3) is 8.38. The van der Waals surface area contributed by atoms with Gasteiger partial charge >= 0.3 is 11.3 Å². The number of alkyl halides is 2. The van der Waals surface area contributed by atoms with Crippen molar-refractivity contribution in [1.82, 2.24) is 9.44 Å². The summed E-state index contributed by atoms with van der Waals surface area (Å²) < 4.78 is 103. The second-order valence-corrected chi connectivity index (χ2v) is 15.0. The van der Waals surface area contributed by atoms with Gasteiger partial charge in [-0.15, -0.1) is 0 Å². The smallest absolute Gasteiger partial charge is 0.340 e. The summed E-state index contributed by atoms with van der Waals surface area (Å²) >= 11 is 0. The number of anilines is 2. The fraction of sp³-hybridized carbons (Fsp3) is 0.167. The number of hydrogen-bond donors (Lipinski definition) is 4. The van der Waals surface area contributed by atoms with Crippen molar-refractivity contribution in [2.45, 2.75) is 26.2 Å². The first kappa shape index (κ1) is 37.1. The summed E-state index contributed by atoms with van der Waals surface area (Å²) in [4.78, 5) is 26.2. The van der Waals surface area contributed by atoms with Crippen molar-refractivity contribution >= 4 is 53.7 Å². The molecule has 0 aliphatic carbocycles. The minimum atomic E-state index is -3.78. The predicted octanol–water partition coefficient (Wildman–Crippen LogP) is 5.56. The molecule has 6 rings (SSSR count).